The molecular weight excluding hydrogens is 251 g/mol. The number of nitrogens with zero attached hydrogens (tertiary/aromatic N) is 1. The van der Waals surface area contributed by atoms with E-state index in [1.54, 1.807) is 19.2 Å². The summed E-state index contributed by atoms with van der Waals surface area (Å²) in [5, 5.41) is 0. The second-order valence-electron chi connectivity index (χ2n) is 4.59. The zero-order valence-electron chi connectivity index (χ0n) is 10.4. The van der Waals surface area contributed by atoms with Crippen LogP contribution < -0.4 is 10.6 Å². The summed E-state index contributed by atoms with van der Waals surface area (Å²) in [5.74, 6) is 0.211. The normalized spacial score (nSPS) is 19.2. The Bertz CT molecular complexity index is 453. The van der Waals surface area contributed by atoms with Crippen molar-refractivity contribution in [3.8, 4) is 0 Å². The SMILES string of the molecule is COCC1CCN(c2ccc(C(N)=S)cc2F)C1. The number of ether oxygens (including phenoxy) is 1. The molecule has 3 nitrogen and oxygen atoms in total. The molecule has 0 amide bonds. The fourth-order valence-electron chi connectivity index (χ4n) is 2.34. The lowest BCUT2D eigenvalue weighted by Gasteiger charge is -2.19. The molecule has 0 aliphatic carbocycles. The van der Waals surface area contributed by atoms with Gasteiger partial charge in [0.2, 0.25) is 0 Å². The zero-order valence-corrected chi connectivity index (χ0v) is 11.2. The molecule has 1 heterocycles. The van der Waals surface area contributed by atoms with E-state index in [1.807, 2.05) is 4.90 Å². The summed E-state index contributed by atoms with van der Waals surface area (Å²) in [7, 11) is 1.69. The molecule has 2 N–H and O–H groups in total. The van der Waals surface area contributed by atoms with E-state index in [0.717, 1.165) is 26.1 Å². The van der Waals surface area contributed by atoms with E-state index >= 15 is 0 Å². The Balaban J connectivity index is 2.12. The van der Waals surface area contributed by atoms with Crippen LogP contribution in [-0.4, -0.2) is 31.8 Å². The first-order chi connectivity index (χ1) is 8.61. The van der Waals surface area contributed by atoms with Crippen molar-refractivity contribution in [3.05, 3.63) is 29.6 Å². The number of hydrogen-bond acceptors (Lipinski definition) is 3. The van der Waals surface area contributed by atoms with Crippen LogP contribution in [0.15, 0.2) is 18.2 Å². The van der Waals surface area contributed by atoms with Gasteiger partial charge < -0.3 is 15.4 Å². The Morgan fingerprint density at radius 3 is 3.00 bits per heavy atom. The summed E-state index contributed by atoms with van der Waals surface area (Å²) < 4.78 is 19.1. The average molecular weight is 268 g/mol. The third kappa shape index (κ3) is 2.79. The van der Waals surface area contributed by atoms with Gasteiger partial charge in [0.25, 0.3) is 0 Å². The lowest BCUT2D eigenvalue weighted by molar-refractivity contribution is 0.161. The Morgan fingerprint density at radius 1 is 1.61 bits per heavy atom. The summed E-state index contributed by atoms with van der Waals surface area (Å²) in [6.07, 6.45) is 1.03. The number of benzene rings is 1. The van der Waals surface area contributed by atoms with Gasteiger partial charge in [-0.3, -0.25) is 0 Å². The van der Waals surface area contributed by atoms with Crippen LogP contribution in [0.3, 0.4) is 0 Å². The predicted octanol–water partition coefficient (Wildman–Crippen LogP) is 1.93. The molecule has 1 fully saturated rings. The van der Waals surface area contributed by atoms with Crippen molar-refractivity contribution in [2.24, 2.45) is 11.7 Å². The molecule has 5 heteroatoms. The molecule has 0 spiro atoms. The lowest BCUT2D eigenvalue weighted by Crippen LogP contribution is -2.22. The van der Waals surface area contributed by atoms with Crippen molar-refractivity contribution in [2.45, 2.75) is 6.42 Å². The van der Waals surface area contributed by atoms with E-state index in [2.05, 4.69) is 0 Å². The van der Waals surface area contributed by atoms with E-state index in [9.17, 15) is 4.39 Å². The van der Waals surface area contributed by atoms with Crippen LogP contribution in [-0.2, 0) is 4.74 Å². The van der Waals surface area contributed by atoms with E-state index < -0.39 is 0 Å². The maximum Gasteiger partial charge on any atom is 0.147 e. The number of methoxy groups -OCH3 is 1. The van der Waals surface area contributed by atoms with Gasteiger partial charge in [0.15, 0.2) is 0 Å². The van der Waals surface area contributed by atoms with Gasteiger partial charge in [-0.15, -0.1) is 0 Å². The molecule has 1 aromatic carbocycles. The largest absolute Gasteiger partial charge is 0.389 e. The number of halogens is 1. The molecule has 1 aliphatic rings. The smallest absolute Gasteiger partial charge is 0.147 e. The molecule has 98 valence electrons. The fraction of sp³-hybridized carbons (Fsp3) is 0.462. The average Bonchev–Trinajstić information content (AvgIpc) is 2.77. The molecule has 2 rings (SSSR count). The first kappa shape index (κ1) is 13.2. The lowest BCUT2D eigenvalue weighted by atomic mass is 10.1. The van der Waals surface area contributed by atoms with Gasteiger partial charge in [-0.1, -0.05) is 12.2 Å². The van der Waals surface area contributed by atoms with Crippen LogP contribution >= 0.6 is 12.2 Å². The number of rotatable bonds is 4. The van der Waals surface area contributed by atoms with Gasteiger partial charge >= 0.3 is 0 Å². The van der Waals surface area contributed by atoms with Gasteiger partial charge in [-0.05, 0) is 24.6 Å². The molecule has 0 radical (unpaired) electrons. The fourth-order valence-corrected chi connectivity index (χ4v) is 2.47. The third-order valence-electron chi connectivity index (χ3n) is 3.26. The second kappa shape index (κ2) is 5.63. The van der Waals surface area contributed by atoms with Crippen molar-refractivity contribution in [3.63, 3.8) is 0 Å². The first-order valence-electron chi connectivity index (χ1n) is 5.95. The highest BCUT2D eigenvalue weighted by molar-refractivity contribution is 7.80. The molecule has 1 aliphatic heterocycles. The van der Waals surface area contributed by atoms with Crippen LogP contribution in [0.5, 0.6) is 0 Å². The van der Waals surface area contributed by atoms with Crippen LogP contribution in [0.2, 0.25) is 0 Å². The Hall–Kier alpha value is -1.20. The van der Waals surface area contributed by atoms with Crippen LogP contribution in [0.4, 0.5) is 10.1 Å². The molecule has 0 bridgehead atoms. The number of anilines is 1. The topological polar surface area (TPSA) is 38.5 Å². The Labute approximate surface area is 112 Å². The number of hydrogen-bond donors (Lipinski definition) is 1. The van der Waals surface area contributed by atoms with Crippen molar-refractivity contribution in [2.75, 3.05) is 31.7 Å². The minimum atomic E-state index is -0.265. The summed E-state index contributed by atoms with van der Waals surface area (Å²) in [6.45, 7) is 2.41. The van der Waals surface area contributed by atoms with Crippen LogP contribution in [0.25, 0.3) is 0 Å². The maximum absolute atomic E-state index is 14.0. The molecule has 0 aromatic heterocycles. The van der Waals surface area contributed by atoms with Gasteiger partial charge in [0.1, 0.15) is 10.8 Å². The van der Waals surface area contributed by atoms with Crippen molar-refractivity contribution < 1.29 is 9.13 Å². The second-order valence-corrected chi connectivity index (χ2v) is 5.03. The van der Waals surface area contributed by atoms with Crippen LogP contribution in [0, 0.1) is 11.7 Å². The van der Waals surface area contributed by atoms with Crippen molar-refractivity contribution >= 4 is 22.9 Å². The van der Waals surface area contributed by atoms with Gasteiger partial charge in [-0.25, -0.2) is 4.39 Å². The molecule has 1 atom stereocenters. The van der Waals surface area contributed by atoms with Gasteiger partial charge in [0.05, 0.1) is 12.3 Å². The van der Waals surface area contributed by atoms with Crippen molar-refractivity contribution in [1.82, 2.24) is 0 Å². The number of nitrogens with two attached hydrogens (primary N) is 1. The third-order valence-corrected chi connectivity index (χ3v) is 3.50. The summed E-state index contributed by atoms with van der Waals surface area (Å²) in [5.41, 5.74) is 6.67. The van der Waals surface area contributed by atoms with E-state index in [4.69, 9.17) is 22.7 Å². The molecule has 1 saturated heterocycles. The minimum absolute atomic E-state index is 0.221. The maximum atomic E-state index is 14.0. The highest BCUT2D eigenvalue weighted by atomic mass is 32.1. The molecule has 1 aromatic rings. The molecular formula is C13H17FN2OS. The van der Waals surface area contributed by atoms with Gasteiger partial charge in [0, 0.05) is 31.7 Å². The molecule has 18 heavy (non-hydrogen) atoms. The summed E-state index contributed by atoms with van der Waals surface area (Å²) >= 11 is 4.83. The first-order valence-corrected chi connectivity index (χ1v) is 6.36. The summed E-state index contributed by atoms with van der Waals surface area (Å²) in [6, 6.07) is 4.92. The van der Waals surface area contributed by atoms with Crippen molar-refractivity contribution in [1.29, 1.82) is 0 Å². The van der Waals surface area contributed by atoms with Gasteiger partial charge in [-0.2, -0.15) is 0 Å². The highest BCUT2D eigenvalue weighted by Crippen LogP contribution is 2.27. The standard InChI is InChI=1S/C13H17FN2OS/c1-17-8-9-4-5-16(7-9)12-3-2-10(13(15)18)6-11(12)14/h2-3,6,9H,4-5,7-8H2,1H3,(H2,15,18). The molecule has 0 saturated carbocycles. The zero-order chi connectivity index (χ0) is 13.1. The number of thiocarbonyl (C=S) groups is 1. The van der Waals surface area contributed by atoms with Crippen LogP contribution in [0.1, 0.15) is 12.0 Å². The highest BCUT2D eigenvalue weighted by Gasteiger charge is 2.24. The monoisotopic (exact) mass is 268 g/mol. The van der Waals surface area contributed by atoms with E-state index in [1.165, 1.54) is 6.07 Å². The minimum Gasteiger partial charge on any atom is -0.389 e. The summed E-state index contributed by atoms with van der Waals surface area (Å²) in [4.78, 5) is 2.27. The predicted molar refractivity (Wildman–Crippen MR) is 74.5 cm³/mol. The Morgan fingerprint density at radius 2 is 2.39 bits per heavy atom. The quantitative estimate of drug-likeness (QED) is 0.847. The van der Waals surface area contributed by atoms with E-state index in [-0.39, 0.29) is 10.8 Å². The Kier molecular flexibility index (Phi) is 4.14. The van der Waals surface area contributed by atoms with E-state index in [0.29, 0.717) is 17.2 Å². The molecule has 1 unspecified atom stereocenters.